The lowest BCUT2D eigenvalue weighted by Gasteiger charge is -2.29. The minimum Gasteiger partial charge on any atom is -0.385 e. The van der Waals surface area contributed by atoms with E-state index in [0.717, 1.165) is 37.9 Å². The first-order valence-corrected chi connectivity index (χ1v) is 10.2. The molecule has 0 aromatic carbocycles. The van der Waals surface area contributed by atoms with Gasteiger partial charge >= 0.3 is 0 Å². The van der Waals surface area contributed by atoms with E-state index in [9.17, 15) is 14.9 Å². The number of hydrogen-bond acceptors (Lipinski definition) is 6. The van der Waals surface area contributed by atoms with Crippen molar-refractivity contribution in [2.45, 2.75) is 32.6 Å². The van der Waals surface area contributed by atoms with Gasteiger partial charge in [-0.05, 0) is 50.3 Å². The van der Waals surface area contributed by atoms with Crippen LogP contribution in [0.2, 0.25) is 0 Å². The van der Waals surface area contributed by atoms with Gasteiger partial charge in [0, 0.05) is 39.5 Å². The van der Waals surface area contributed by atoms with Crippen LogP contribution in [0.1, 0.15) is 36.8 Å². The Morgan fingerprint density at radius 3 is 2.83 bits per heavy atom. The third-order valence-electron chi connectivity index (χ3n) is 5.18. The number of nitriles is 1. The van der Waals surface area contributed by atoms with E-state index in [0.29, 0.717) is 31.0 Å². The lowest BCUT2D eigenvalue weighted by Crippen LogP contribution is -2.34. The number of piperidine rings is 1. The minimum absolute atomic E-state index is 0.114. The maximum absolute atomic E-state index is 13.3. The molecule has 0 bridgehead atoms. The van der Waals surface area contributed by atoms with Crippen molar-refractivity contribution >= 4 is 23.4 Å². The Kier molecular flexibility index (Phi) is 7.20. The number of anilines is 1. The third kappa shape index (κ3) is 4.69. The van der Waals surface area contributed by atoms with Crippen molar-refractivity contribution in [1.82, 2.24) is 14.7 Å². The van der Waals surface area contributed by atoms with E-state index in [4.69, 9.17) is 9.72 Å². The van der Waals surface area contributed by atoms with Crippen LogP contribution in [0.5, 0.6) is 0 Å². The maximum atomic E-state index is 13.3. The number of aryl methyl sites for hydroxylation is 1. The fourth-order valence-electron chi connectivity index (χ4n) is 3.58. The number of carbonyl (C=O) groups excluding carboxylic acids is 1. The highest BCUT2D eigenvalue weighted by atomic mass is 16.5. The van der Waals surface area contributed by atoms with Crippen LogP contribution in [0, 0.1) is 18.3 Å². The minimum atomic E-state index is -0.507. The Balaban J connectivity index is 2.07. The highest BCUT2D eigenvalue weighted by molar-refractivity contribution is 6.02. The van der Waals surface area contributed by atoms with Crippen molar-refractivity contribution in [2.75, 3.05) is 38.3 Å². The van der Waals surface area contributed by atoms with Crippen LogP contribution >= 0.6 is 0 Å². The van der Waals surface area contributed by atoms with Crippen molar-refractivity contribution in [3.63, 3.8) is 0 Å². The van der Waals surface area contributed by atoms with Crippen LogP contribution < -0.4 is 15.8 Å². The van der Waals surface area contributed by atoms with Crippen LogP contribution in [0.25, 0.3) is 11.7 Å². The van der Waals surface area contributed by atoms with Crippen LogP contribution in [-0.4, -0.2) is 48.6 Å². The zero-order valence-corrected chi connectivity index (χ0v) is 17.5. The first kappa shape index (κ1) is 21.5. The van der Waals surface area contributed by atoms with E-state index in [2.05, 4.69) is 10.2 Å². The van der Waals surface area contributed by atoms with E-state index >= 15 is 0 Å². The third-order valence-corrected chi connectivity index (χ3v) is 5.18. The van der Waals surface area contributed by atoms with E-state index < -0.39 is 5.91 Å². The van der Waals surface area contributed by atoms with Crippen LogP contribution in [0.15, 0.2) is 28.7 Å². The number of pyridine rings is 1. The van der Waals surface area contributed by atoms with E-state index in [1.165, 1.54) is 10.5 Å². The number of aromatic nitrogens is 2. The molecule has 0 radical (unpaired) electrons. The predicted octanol–water partition coefficient (Wildman–Crippen LogP) is 2.05. The van der Waals surface area contributed by atoms with Crippen molar-refractivity contribution in [1.29, 1.82) is 5.26 Å². The average molecular weight is 409 g/mol. The smallest absolute Gasteiger partial charge is 0.267 e. The zero-order chi connectivity index (χ0) is 21.5. The van der Waals surface area contributed by atoms with Crippen LogP contribution in [0.4, 0.5) is 5.82 Å². The number of amides is 1. The molecule has 30 heavy (non-hydrogen) atoms. The predicted molar refractivity (Wildman–Crippen MR) is 115 cm³/mol. The highest BCUT2D eigenvalue weighted by Gasteiger charge is 2.21. The molecule has 1 N–H and O–H groups in total. The second-order valence-electron chi connectivity index (χ2n) is 7.36. The summed E-state index contributed by atoms with van der Waals surface area (Å²) in [6.45, 7) is 4.39. The Morgan fingerprint density at radius 2 is 2.13 bits per heavy atom. The quantitative estimate of drug-likeness (QED) is 0.427. The maximum Gasteiger partial charge on any atom is 0.267 e. The molecule has 2 aromatic heterocycles. The van der Waals surface area contributed by atoms with Gasteiger partial charge in [-0.15, -0.1) is 0 Å². The van der Waals surface area contributed by atoms with E-state index in [1.807, 2.05) is 19.1 Å². The van der Waals surface area contributed by atoms with Crippen molar-refractivity contribution in [2.24, 2.45) is 0 Å². The molecule has 1 aliphatic heterocycles. The number of rotatable bonds is 7. The fourth-order valence-corrected chi connectivity index (χ4v) is 3.58. The molecule has 0 atom stereocenters. The Labute approximate surface area is 175 Å². The van der Waals surface area contributed by atoms with E-state index in [-0.39, 0.29) is 16.7 Å². The van der Waals surface area contributed by atoms with Gasteiger partial charge in [0.05, 0.1) is 5.56 Å². The molecule has 8 heteroatoms. The van der Waals surface area contributed by atoms with Gasteiger partial charge in [0.15, 0.2) is 0 Å². The summed E-state index contributed by atoms with van der Waals surface area (Å²) in [5, 5.41) is 12.3. The van der Waals surface area contributed by atoms with Gasteiger partial charge < -0.3 is 15.0 Å². The normalized spacial score (nSPS) is 14.6. The topological polar surface area (TPSA) is 99.7 Å². The molecule has 0 unspecified atom stereocenters. The fraction of sp³-hybridized carbons (Fsp3) is 0.455. The molecule has 0 saturated carbocycles. The Hall–Kier alpha value is -3.18. The summed E-state index contributed by atoms with van der Waals surface area (Å²) in [7, 11) is 1.59. The molecular weight excluding hydrogens is 382 g/mol. The molecule has 1 aliphatic rings. The number of methoxy groups -OCH3 is 1. The SMILES string of the molecule is COCCCNC(=O)C(C#N)=Cc1c(N2CCCCC2)nc2c(C)cccn2c1=O. The summed E-state index contributed by atoms with van der Waals surface area (Å²) in [5.74, 6) is 0.0286. The molecule has 3 rings (SSSR count). The molecule has 0 aliphatic carbocycles. The number of ether oxygens (including phenoxy) is 1. The first-order valence-electron chi connectivity index (χ1n) is 10.2. The average Bonchev–Trinajstić information content (AvgIpc) is 2.77. The molecule has 1 amide bonds. The van der Waals surface area contributed by atoms with Crippen LogP contribution in [0.3, 0.4) is 0 Å². The summed E-state index contributed by atoms with van der Waals surface area (Å²) in [6.07, 6.45) is 6.84. The Morgan fingerprint density at radius 1 is 1.37 bits per heavy atom. The molecule has 0 spiro atoms. The van der Waals surface area contributed by atoms with Crippen molar-refractivity contribution in [3.05, 3.63) is 45.4 Å². The van der Waals surface area contributed by atoms with Gasteiger partial charge in [-0.3, -0.25) is 14.0 Å². The molecule has 2 aromatic rings. The van der Waals surface area contributed by atoms with Gasteiger partial charge in [-0.2, -0.15) is 5.26 Å². The number of hydrogen-bond donors (Lipinski definition) is 1. The second-order valence-corrected chi connectivity index (χ2v) is 7.36. The summed E-state index contributed by atoms with van der Waals surface area (Å²) < 4.78 is 6.44. The lowest BCUT2D eigenvalue weighted by molar-refractivity contribution is -0.117. The molecule has 3 heterocycles. The summed E-state index contributed by atoms with van der Waals surface area (Å²) >= 11 is 0. The monoisotopic (exact) mass is 409 g/mol. The first-order chi connectivity index (χ1) is 14.6. The molecule has 1 fully saturated rings. The largest absolute Gasteiger partial charge is 0.385 e. The zero-order valence-electron chi connectivity index (χ0n) is 17.5. The number of fused-ring (bicyclic) bond motifs is 1. The number of nitrogens with zero attached hydrogens (tertiary/aromatic N) is 4. The Bertz CT molecular complexity index is 1050. The molecular formula is C22H27N5O3. The van der Waals surface area contributed by atoms with Gasteiger partial charge in [-0.1, -0.05) is 6.07 Å². The van der Waals surface area contributed by atoms with Gasteiger partial charge in [-0.25, -0.2) is 4.98 Å². The van der Waals surface area contributed by atoms with Crippen LogP contribution in [-0.2, 0) is 9.53 Å². The molecule has 1 saturated heterocycles. The second kappa shape index (κ2) is 10.0. The molecule has 8 nitrogen and oxygen atoms in total. The summed E-state index contributed by atoms with van der Waals surface area (Å²) in [6, 6.07) is 5.62. The summed E-state index contributed by atoms with van der Waals surface area (Å²) in [4.78, 5) is 32.6. The summed E-state index contributed by atoms with van der Waals surface area (Å²) in [5.41, 5.74) is 1.34. The number of nitrogens with one attached hydrogen (secondary N) is 1. The van der Waals surface area contributed by atoms with Gasteiger partial charge in [0.25, 0.3) is 11.5 Å². The van der Waals surface area contributed by atoms with Gasteiger partial charge in [0.2, 0.25) is 0 Å². The van der Waals surface area contributed by atoms with Crippen molar-refractivity contribution in [3.8, 4) is 6.07 Å². The standard InChI is InChI=1S/C22H27N5O3/c1-16-8-6-12-27-19(16)25-20(26-10-4-3-5-11-26)18(22(27)29)14-17(15-23)21(28)24-9-7-13-30-2/h6,8,12,14H,3-5,7,9-11,13H2,1-2H3,(H,24,28). The number of carbonyl (C=O) groups is 1. The highest BCUT2D eigenvalue weighted by Crippen LogP contribution is 2.23. The molecule has 158 valence electrons. The van der Waals surface area contributed by atoms with E-state index in [1.54, 1.807) is 19.4 Å². The van der Waals surface area contributed by atoms with Gasteiger partial charge in [0.1, 0.15) is 23.1 Å². The lowest BCUT2D eigenvalue weighted by atomic mass is 10.1. The van der Waals surface area contributed by atoms with Crippen molar-refractivity contribution < 1.29 is 9.53 Å².